The molecule has 0 saturated heterocycles. The van der Waals surface area contributed by atoms with Gasteiger partial charge in [0, 0.05) is 31.2 Å². The van der Waals surface area contributed by atoms with Crippen LogP contribution in [0.4, 0.5) is 5.69 Å². The van der Waals surface area contributed by atoms with Gasteiger partial charge >= 0.3 is 11.7 Å². The number of hydrogen-bond donors (Lipinski definition) is 2. The SMILES string of the molecule is CCCCCC(O)C=CC1CCC(=O)C1CCCCCCC(=O)NC(Cc1ccc(OC)c([N+](=O)[O-])c1)C(=O)OC. The number of unbranched alkanes of at least 4 members (excludes halogenated alkanes) is 5. The number of nitrogens with zero attached hydrogens (tertiary/aromatic N) is 1. The van der Waals surface area contributed by atoms with Crippen LogP contribution >= 0.6 is 0 Å². The van der Waals surface area contributed by atoms with E-state index in [9.17, 15) is 29.6 Å². The van der Waals surface area contributed by atoms with E-state index >= 15 is 0 Å². The van der Waals surface area contributed by atoms with Gasteiger partial charge in [0.2, 0.25) is 5.91 Å². The number of methoxy groups -OCH3 is 2. The van der Waals surface area contributed by atoms with Crippen molar-refractivity contribution in [2.24, 2.45) is 11.8 Å². The van der Waals surface area contributed by atoms with Gasteiger partial charge in [-0.1, -0.05) is 63.7 Å². The average Bonchev–Trinajstić information content (AvgIpc) is 3.31. The number of carbonyl (C=O) groups excluding carboxylic acids is 3. The zero-order valence-electron chi connectivity index (χ0n) is 24.6. The zero-order chi connectivity index (χ0) is 30.2. The lowest BCUT2D eigenvalue weighted by Crippen LogP contribution is -2.43. The number of aliphatic hydroxyl groups excluding tert-OH is 1. The lowest BCUT2D eigenvalue weighted by atomic mass is 9.89. The molecule has 1 amide bonds. The van der Waals surface area contributed by atoms with Crippen LogP contribution in [0.2, 0.25) is 0 Å². The molecular weight excluding hydrogens is 528 g/mol. The Labute approximate surface area is 243 Å². The van der Waals surface area contributed by atoms with Gasteiger partial charge in [0.05, 0.1) is 25.2 Å². The van der Waals surface area contributed by atoms with Gasteiger partial charge in [0.25, 0.3) is 0 Å². The first-order valence-electron chi connectivity index (χ1n) is 14.8. The van der Waals surface area contributed by atoms with Crippen molar-refractivity contribution >= 4 is 23.3 Å². The topological polar surface area (TPSA) is 145 Å². The van der Waals surface area contributed by atoms with Crippen molar-refractivity contribution in [1.29, 1.82) is 0 Å². The fourth-order valence-corrected chi connectivity index (χ4v) is 5.36. The van der Waals surface area contributed by atoms with Gasteiger partial charge in [-0.15, -0.1) is 0 Å². The monoisotopic (exact) mass is 574 g/mol. The third kappa shape index (κ3) is 11.6. The second kappa shape index (κ2) is 18.2. The zero-order valence-corrected chi connectivity index (χ0v) is 24.6. The number of hydrogen-bond acceptors (Lipinski definition) is 8. The Morgan fingerprint density at radius 3 is 2.61 bits per heavy atom. The molecule has 0 spiro atoms. The quantitative estimate of drug-likeness (QED) is 0.0750. The number of esters is 1. The van der Waals surface area contributed by atoms with Crippen molar-refractivity contribution in [3.8, 4) is 5.75 Å². The molecular formula is C31H46N2O8. The van der Waals surface area contributed by atoms with Crippen LogP contribution < -0.4 is 10.1 Å². The Kier molecular flexibility index (Phi) is 15.1. The summed E-state index contributed by atoms with van der Waals surface area (Å²) in [5, 5.41) is 24.2. The van der Waals surface area contributed by atoms with Gasteiger partial charge in [-0.05, 0) is 43.2 Å². The van der Waals surface area contributed by atoms with E-state index < -0.39 is 23.0 Å². The first-order valence-corrected chi connectivity index (χ1v) is 14.8. The third-order valence-corrected chi connectivity index (χ3v) is 7.71. The third-order valence-electron chi connectivity index (χ3n) is 7.71. The van der Waals surface area contributed by atoms with Crippen LogP contribution in [0.3, 0.4) is 0 Å². The number of nitro benzene ring substituents is 1. The van der Waals surface area contributed by atoms with Crippen LogP contribution in [-0.4, -0.2) is 54.1 Å². The molecule has 10 nitrogen and oxygen atoms in total. The molecule has 1 fully saturated rings. The van der Waals surface area contributed by atoms with Gasteiger partial charge in [-0.25, -0.2) is 4.79 Å². The molecule has 0 heterocycles. The van der Waals surface area contributed by atoms with Crippen LogP contribution in [0, 0.1) is 22.0 Å². The van der Waals surface area contributed by atoms with Gasteiger partial charge in [-0.3, -0.25) is 19.7 Å². The number of benzene rings is 1. The molecule has 0 radical (unpaired) electrons. The maximum absolute atomic E-state index is 12.6. The predicted molar refractivity (Wildman–Crippen MR) is 156 cm³/mol. The molecule has 1 aromatic carbocycles. The number of amides is 1. The Bertz CT molecular complexity index is 1040. The summed E-state index contributed by atoms with van der Waals surface area (Å²) in [7, 11) is 2.56. The van der Waals surface area contributed by atoms with Crippen molar-refractivity contribution in [2.75, 3.05) is 14.2 Å². The average molecular weight is 575 g/mol. The standard InChI is InChI=1S/C31H46N2O8/c1-4-5-8-11-24(34)17-15-23-16-18-28(35)25(23)12-9-6-7-10-13-30(36)32-26(31(37)41-3)20-22-14-19-29(40-2)27(21-22)33(38)39/h14-15,17,19,21,23-26,34H,4-13,16,18,20H2,1-3H3,(H,32,36). The van der Waals surface area contributed by atoms with Crippen molar-refractivity contribution in [1.82, 2.24) is 5.32 Å². The van der Waals surface area contributed by atoms with Crippen LogP contribution in [0.15, 0.2) is 30.4 Å². The molecule has 10 heteroatoms. The van der Waals surface area contributed by atoms with Crippen molar-refractivity contribution < 1.29 is 33.9 Å². The Morgan fingerprint density at radius 1 is 1.17 bits per heavy atom. The van der Waals surface area contributed by atoms with Crippen LogP contribution in [-0.2, 0) is 25.5 Å². The maximum Gasteiger partial charge on any atom is 0.328 e. The molecule has 4 unspecified atom stereocenters. The fraction of sp³-hybridized carbons (Fsp3) is 0.645. The largest absolute Gasteiger partial charge is 0.490 e. The molecule has 41 heavy (non-hydrogen) atoms. The normalized spacial score (nSPS) is 18.3. The molecule has 1 aliphatic rings. The number of ketones is 1. The van der Waals surface area contributed by atoms with Gasteiger partial charge in [0.1, 0.15) is 11.8 Å². The molecule has 0 aromatic heterocycles. The number of nitro groups is 1. The lowest BCUT2D eigenvalue weighted by Gasteiger charge is -2.17. The van der Waals surface area contributed by atoms with Crippen LogP contribution in [0.25, 0.3) is 0 Å². The van der Waals surface area contributed by atoms with Gasteiger partial charge in [-0.2, -0.15) is 0 Å². The summed E-state index contributed by atoms with van der Waals surface area (Å²) in [5.41, 5.74) is 0.274. The minimum absolute atomic E-state index is 0.00647. The van der Waals surface area contributed by atoms with E-state index in [1.807, 2.05) is 12.2 Å². The number of aliphatic hydroxyl groups is 1. The number of Topliss-reactive ketones (excluding diaryl/α,β-unsaturated/α-hetero) is 1. The molecule has 2 N–H and O–H groups in total. The fourth-order valence-electron chi connectivity index (χ4n) is 5.36. The van der Waals surface area contributed by atoms with E-state index in [1.165, 1.54) is 26.4 Å². The Morgan fingerprint density at radius 2 is 1.93 bits per heavy atom. The Hall–Kier alpha value is -3.27. The summed E-state index contributed by atoms with van der Waals surface area (Å²) < 4.78 is 9.84. The summed E-state index contributed by atoms with van der Waals surface area (Å²) in [5.74, 6) is -0.315. The van der Waals surface area contributed by atoms with Crippen molar-refractivity contribution in [2.45, 2.75) is 103 Å². The lowest BCUT2D eigenvalue weighted by molar-refractivity contribution is -0.385. The van der Waals surface area contributed by atoms with Gasteiger partial charge < -0.3 is 19.9 Å². The van der Waals surface area contributed by atoms with E-state index in [0.29, 0.717) is 24.2 Å². The molecule has 4 atom stereocenters. The molecule has 1 aliphatic carbocycles. The first kappa shape index (κ1) is 33.9. The predicted octanol–water partition coefficient (Wildman–Crippen LogP) is 5.24. The number of ether oxygens (including phenoxy) is 2. The molecule has 0 aliphatic heterocycles. The summed E-state index contributed by atoms with van der Waals surface area (Å²) in [6, 6.07) is 3.42. The molecule has 0 bridgehead atoms. The number of allylic oxidation sites excluding steroid dienone is 1. The summed E-state index contributed by atoms with van der Waals surface area (Å²) in [4.78, 5) is 48.0. The van der Waals surface area contributed by atoms with E-state index in [1.54, 1.807) is 6.07 Å². The maximum atomic E-state index is 12.6. The van der Waals surface area contributed by atoms with E-state index in [-0.39, 0.29) is 42.0 Å². The van der Waals surface area contributed by atoms with Gasteiger partial charge in [0.15, 0.2) is 5.75 Å². The van der Waals surface area contributed by atoms with E-state index in [4.69, 9.17) is 9.47 Å². The second-order valence-corrected chi connectivity index (χ2v) is 10.8. The number of rotatable bonds is 19. The van der Waals surface area contributed by atoms with Crippen LogP contribution in [0.5, 0.6) is 5.75 Å². The van der Waals surface area contributed by atoms with Crippen molar-refractivity contribution in [3.63, 3.8) is 0 Å². The highest BCUT2D eigenvalue weighted by molar-refractivity contribution is 5.85. The highest BCUT2D eigenvalue weighted by atomic mass is 16.6. The molecule has 1 aromatic rings. The van der Waals surface area contributed by atoms with Crippen LogP contribution in [0.1, 0.15) is 89.5 Å². The summed E-state index contributed by atoms with van der Waals surface area (Å²) in [6.07, 6.45) is 13.2. The summed E-state index contributed by atoms with van der Waals surface area (Å²) >= 11 is 0. The molecule has 1 saturated carbocycles. The number of nitrogens with one attached hydrogen (secondary N) is 1. The molecule has 228 valence electrons. The minimum Gasteiger partial charge on any atom is -0.490 e. The van der Waals surface area contributed by atoms with E-state index in [2.05, 4.69) is 12.2 Å². The highest BCUT2D eigenvalue weighted by Crippen LogP contribution is 2.34. The van der Waals surface area contributed by atoms with E-state index in [0.717, 1.165) is 57.8 Å². The van der Waals surface area contributed by atoms with Crippen molar-refractivity contribution in [3.05, 3.63) is 46.0 Å². The molecule has 2 rings (SSSR count). The summed E-state index contributed by atoms with van der Waals surface area (Å²) in [6.45, 7) is 2.13. The minimum atomic E-state index is -0.968. The number of carbonyl (C=O) groups is 3. The Balaban J connectivity index is 1.76. The second-order valence-electron chi connectivity index (χ2n) is 10.8. The smallest absolute Gasteiger partial charge is 0.328 e. The highest BCUT2D eigenvalue weighted by Gasteiger charge is 2.32. The first-order chi connectivity index (χ1) is 19.7.